The van der Waals surface area contributed by atoms with Crippen LogP contribution in [0.1, 0.15) is 26.7 Å². The number of carbonyl (C=O) groups is 1. The average molecular weight is 378 g/mol. The summed E-state index contributed by atoms with van der Waals surface area (Å²) in [5.41, 5.74) is -0.158. The predicted molar refractivity (Wildman–Crippen MR) is 99.9 cm³/mol. The van der Waals surface area contributed by atoms with Gasteiger partial charge in [0.1, 0.15) is 12.4 Å². The summed E-state index contributed by atoms with van der Waals surface area (Å²) in [6.45, 7) is 3.35. The van der Waals surface area contributed by atoms with Crippen LogP contribution in [0.15, 0.2) is 59.5 Å². The van der Waals surface area contributed by atoms with Crippen LogP contribution in [0.25, 0.3) is 0 Å². The third-order valence-corrected chi connectivity index (χ3v) is 5.64. The van der Waals surface area contributed by atoms with Gasteiger partial charge in [0.05, 0.1) is 10.6 Å². The largest absolute Gasteiger partial charge is 0.352 e. The molecule has 0 saturated carbocycles. The third-order valence-electron chi connectivity index (χ3n) is 3.87. The molecule has 26 heavy (non-hydrogen) atoms. The first kappa shape index (κ1) is 19.9. The molecular formula is C19H23FN2O3S. The highest BCUT2D eigenvalue weighted by Crippen LogP contribution is 2.25. The Morgan fingerprint density at radius 3 is 2.35 bits per heavy atom. The molecule has 0 aliphatic rings. The summed E-state index contributed by atoms with van der Waals surface area (Å²) in [5, 5.41) is 2.76. The van der Waals surface area contributed by atoms with Crippen LogP contribution < -0.4 is 9.62 Å². The lowest BCUT2D eigenvalue weighted by atomic mass is 10.2. The van der Waals surface area contributed by atoms with E-state index < -0.39 is 28.3 Å². The number of hydrogen-bond donors (Lipinski definition) is 1. The van der Waals surface area contributed by atoms with Crippen molar-refractivity contribution in [3.8, 4) is 0 Å². The molecule has 0 bridgehead atoms. The Balaban J connectivity index is 2.38. The monoisotopic (exact) mass is 378 g/mol. The maximum atomic E-state index is 14.3. The lowest BCUT2D eigenvalue weighted by Gasteiger charge is -2.25. The maximum Gasteiger partial charge on any atom is 0.264 e. The van der Waals surface area contributed by atoms with Crippen LogP contribution in [0.2, 0.25) is 0 Å². The van der Waals surface area contributed by atoms with Gasteiger partial charge in [0, 0.05) is 6.04 Å². The molecule has 0 aliphatic carbocycles. The molecular weight excluding hydrogens is 355 g/mol. The Labute approximate surface area is 153 Å². The predicted octanol–water partition coefficient (Wildman–Crippen LogP) is 3.33. The fourth-order valence-corrected chi connectivity index (χ4v) is 4.08. The zero-order valence-electron chi connectivity index (χ0n) is 14.9. The Bertz CT molecular complexity index is 841. The van der Waals surface area contributed by atoms with Crippen LogP contribution in [-0.2, 0) is 14.8 Å². The minimum absolute atomic E-state index is 0.00217. The summed E-state index contributed by atoms with van der Waals surface area (Å²) in [7, 11) is -4.09. The van der Waals surface area contributed by atoms with Gasteiger partial charge in [-0.05, 0) is 37.6 Å². The summed E-state index contributed by atoms with van der Waals surface area (Å²) < 4.78 is 41.1. The molecule has 1 amide bonds. The van der Waals surface area contributed by atoms with E-state index >= 15 is 0 Å². The third kappa shape index (κ3) is 4.82. The maximum absolute atomic E-state index is 14.3. The number of amides is 1. The van der Waals surface area contributed by atoms with Crippen molar-refractivity contribution in [2.45, 2.75) is 37.6 Å². The van der Waals surface area contributed by atoms with Gasteiger partial charge in [-0.1, -0.05) is 43.7 Å². The van der Waals surface area contributed by atoms with Gasteiger partial charge >= 0.3 is 0 Å². The van der Waals surface area contributed by atoms with Gasteiger partial charge in [0.15, 0.2) is 0 Å². The summed E-state index contributed by atoms with van der Waals surface area (Å²) in [6.07, 6.45) is 1.66. The number of nitrogens with zero attached hydrogens (tertiary/aromatic N) is 1. The van der Waals surface area contributed by atoms with Crippen LogP contribution in [0.4, 0.5) is 10.1 Å². The second-order valence-electron chi connectivity index (χ2n) is 6.03. The number of halogens is 1. The molecule has 1 atom stereocenters. The first-order chi connectivity index (χ1) is 12.4. The SMILES string of the molecule is CCC[C@H](C)NC(=O)CN(c1ccccc1F)S(=O)(=O)c1ccccc1. The van der Waals surface area contributed by atoms with E-state index in [1.54, 1.807) is 18.2 Å². The molecule has 1 N–H and O–H groups in total. The molecule has 140 valence electrons. The summed E-state index contributed by atoms with van der Waals surface area (Å²) in [4.78, 5) is 12.4. The second kappa shape index (κ2) is 8.80. The Morgan fingerprint density at radius 1 is 1.12 bits per heavy atom. The summed E-state index contributed by atoms with van der Waals surface area (Å²) in [5.74, 6) is -1.19. The number of sulfonamides is 1. The molecule has 0 radical (unpaired) electrons. The van der Waals surface area contributed by atoms with Gasteiger partial charge in [-0.25, -0.2) is 12.8 Å². The van der Waals surface area contributed by atoms with E-state index in [0.717, 1.165) is 17.1 Å². The zero-order chi connectivity index (χ0) is 19.2. The van der Waals surface area contributed by atoms with Crippen molar-refractivity contribution in [3.05, 3.63) is 60.4 Å². The number of rotatable bonds is 8. The molecule has 5 nitrogen and oxygen atoms in total. The molecule has 0 spiro atoms. The molecule has 0 saturated heterocycles. The molecule has 0 aromatic heterocycles. The number of para-hydroxylation sites is 1. The van der Waals surface area contributed by atoms with E-state index in [9.17, 15) is 17.6 Å². The van der Waals surface area contributed by atoms with E-state index in [1.807, 2.05) is 13.8 Å². The molecule has 0 fully saturated rings. The van der Waals surface area contributed by atoms with Crippen LogP contribution in [0.5, 0.6) is 0 Å². The smallest absolute Gasteiger partial charge is 0.264 e. The first-order valence-electron chi connectivity index (χ1n) is 8.48. The van der Waals surface area contributed by atoms with Crippen molar-refractivity contribution >= 4 is 21.6 Å². The lowest BCUT2D eigenvalue weighted by molar-refractivity contribution is -0.120. The van der Waals surface area contributed by atoms with E-state index in [0.29, 0.717) is 0 Å². The first-order valence-corrected chi connectivity index (χ1v) is 9.92. The standard InChI is InChI=1S/C19H23FN2O3S/c1-3-9-15(2)21-19(23)14-22(18-13-8-7-12-17(18)20)26(24,25)16-10-5-4-6-11-16/h4-8,10-13,15H,3,9,14H2,1-2H3,(H,21,23)/t15-/m0/s1. The van der Waals surface area contributed by atoms with Gasteiger partial charge in [0.2, 0.25) is 5.91 Å². The molecule has 0 heterocycles. The van der Waals surface area contributed by atoms with Crippen LogP contribution in [0.3, 0.4) is 0 Å². The minimum atomic E-state index is -4.09. The van der Waals surface area contributed by atoms with Crippen molar-refractivity contribution in [2.24, 2.45) is 0 Å². The van der Waals surface area contributed by atoms with Crippen molar-refractivity contribution in [3.63, 3.8) is 0 Å². The molecule has 0 unspecified atom stereocenters. The van der Waals surface area contributed by atoms with E-state index in [2.05, 4.69) is 5.32 Å². The Kier molecular flexibility index (Phi) is 6.74. The van der Waals surface area contributed by atoms with Gasteiger partial charge in [0.25, 0.3) is 10.0 Å². The minimum Gasteiger partial charge on any atom is -0.352 e. The fraction of sp³-hybridized carbons (Fsp3) is 0.316. The van der Waals surface area contributed by atoms with E-state index in [-0.39, 0.29) is 16.6 Å². The summed E-state index contributed by atoms with van der Waals surface area (Å²) >= 11 is 0. The van der Waals surface area contributed by atoms with Crippen LogP contribution in [-0.4, -0.2) is 26.9 Å². The fourth-order valence-electron chi connectivity index (χ4n) is 2.63. The highest BCUT2D eigenvalue weighted by Gasteiger charge is 2.29. The lowest BCUT2D eigenvalue weighted by Crippen LogP contribution is -2.43. The van der Waals surface area contributed by atoms with Crippen molar-refractivity contribution in [2.75, 3.05) is 10.8 Å². The van der Waals surface area contributed by atoms with Gasteiger partial charge in [-0.3, -0.25) is 9.10 Å². The molecule has 2 aromatic carbocycles. The number of nitrogens with one attached hydrogen (secondary N) is 1. The molecule has 0 aliphatic heterocycles. The van der Waals surface area contributed by atoms with Gasteiger partial charge in [-0.15, -0.1) is 0 Å². The normalized spacial score (nSPS) is 12.4. The Hall–Kier alpha value is -2.41. The number of carbonyl (C=O) groups excluding carboxylic acids is 1. The highest BCUT2D eigenvalue weighted by molar-refractivity contribution is 7.92. The van der Waals surface area contributed by atoms with E-state index in [4.69, 9.17) is 0 Å². The number of benzene rings is 2. The van der Waals surface area contributed by atoms with Gasteiger partial charge in [-0.2, -0.15) is 0 Å². The quantitative estimate of drug-likeness (QED) is 0.766. The Morgan fingerprint density at radius 2 is 1.73 bits per heavy atom. The molecule has 2 rings (SSSR count). The topological polar surface area (TPSA) is 66.5 Å². The van der Waals surface area contributed by atoms with Crippen LogP contribution in [0, 0.1) is 5.82 Å². The van der Waals surface area contributed by atoms with Gasteiger partial charge < -0.3 is 5.32 Å². The van der Waals surface area contributed by atoms with Crippen molar-refractivity contribution in [1.82, 2.24) is 5.32 Å². The average Bonchev–Trinajstić information content (AvgIpc) is 2.61. The number of anilines is 1. The van der Waals surface area contributed by atoms with E-state index in [1.165, 1.54) is 36.4 Å². The zero-order valence-corrected chi connectivity index (χ0v) is 15.7. The van der Waals surface area contributed by atoms with Crippen molar-refractivity contribution in [1.29, 1.82) is 0 Å². The molecule has 2 aromatic rings. The van der Waals surface area contributed by atoms with Crippen molar-refractivity contribution < 1.29 is 17.6 Å². The number of hydrogen-bond acceptors (Lipinski definition) is 3. The molecule has 7 heteroatoms. The second-order valence-corrected chi connectivity index (χ2v) is 7.90. The summed E-state index contributed by atoms with van der Waals surface area (Å²) in [6, 6.07) is 13.1. The highest BCUT2D eigenvalue weighted by atomic mass is 32.2. The van der Waals surface area contributed by atoms with Crippen LogP contribution >= 0.6 is 0 Å².